The molecule has 0 amide bonds. The Morgan fingerprint density at radius 2 is 1.10 bits per heavy atom. The summed E-state index contributed by atoms with van der Waals surface area (Å²) in [5.74, 6) is 1.51. The molecule has 11 rings (SSSR count). The first-order valence-corrected chi connectivity index (χ1v) is 28.7. The van der Waals surface area contributed by atoms with Gasteiger partial charge in [-0.1, -0.05) is 181 Å². The molecule has 0 aliphatic carbocycles. The van der Waals surface area contributed by atoms with Gasteiger partial charge in [-0.25, -0.2) is 13.8 Å². The number of ether oxygens (including phenoxy) is 1. The van der Waals surface area contributed by atoms with Gasteiger partial charge in [0.15, 0.2) is 0 Å². The van der Waals surface area contributed by atoms with Crippen LogP contribution in [0.3, 0.4) is 0 Å². The molecule has 2 aromatic heterocycles. The Bertz CT molecular complexity index is 3970. The molecule has 0 saturated carbocycles. The van der Waals surface area contributed by atoms with Crippen LogP contribution in [0.25, 0.3) is 61.0 Å². The molecule has 422 valence electrons. The Kier molecular flexibility index (Phi) is 15.8. The predicted octanol–water partition coefficient (Wildman–Crippen LogP) is 21.3. The van der Waals surface area contributed by atoms with Crippen LogP contribution in [0.4, 0.5) is 31.5 Å². The van der Waals surface area contributed by atoms with Crippen molar-refractivity contribution in [3.63, 3.8) is 0 Å². The van der Waals surface area contributed by atoms with Crippen molar-refractivity contribution in [3.05, 3.63) is 222 Å². The number of hydrogen-bond donors (Lipinski definition) is 0. The standard InChI is InChI=1S/C74H73F2N4O.Pt/c1-44(2)48-30-49(45(3)4)32-50(31-48)60-21-19-22-61(51-33-55(75)40-56(76)34-51)72(60)79-43-78(67-24-17-18-25-68(67)79)57-35-52(71-64(46(5)6)37-54(74(12,13)14)38-65(71)47(7)8)36-59(41-57)81-58-26-27-63-62-20-15-16-23-66(62)80(69(63)42-58)70-39-53(28-29-77-70)73(9,10)11;/h15-40,43-47H,1-14H3;/q-3;. The molecule has 0 bridgehead atoms. The summed E-state index contributed by atoms with van der Waals surface area (Å²) in [6.45, 7) is 33.6. The largest absolute Gasteiger partial charge is 0.509 e. The molecule has 3 heterocycles. The minimum Gasteiger partial charge on any atom is -0.509 e. The predicted molar refractivity (Wildman–Crippen MR) is 334 cm³/mol. The van der Waals surface area contributed by atoms with Crippen molar-refractivity contribution in [3.8, 4) is 50.7 Å². The molecule has 10 aromatic rings. The average molecular weight is 1270 g/mol. The van der Waals surface area contributed by atoms with Crippen LogP contribution in [0.5, 0.6) is 11.5 Å². The zero-order valence-corrected chi connectivity index (χ0v) is 51.9. The molecule has 1 aliphatic heterocycles. The average Bonchev–Trinajstić information content (AvgIpc) is 4.13. The van der Waals surface area contributed by atoms with Gasteiger partial charge in [0.2, 0.25) is 0 Å². The number of anilines is 4. The molecule has 0 spiro atoms. The van der Waals surface area contributed by atoms with Crippen molar-refractivity contribution in [2.75, 3.05) is 9.80 Å². The van der Waals surface area contributed by atoms with Crippen molar-refractivity contribution in [1.29, 1.82) is 0 Å². The maximum Gasteiger partial charge on any atom is 0.135 e. The fraction of sp³-hybridized carbons (Fsp3) is 0.270. The molecular formula is C74H73F2N4OPt-3. The molecular weight excluding hydrogens is 1190 g/mol. The Labute approximate surface area is 499 Å². The maximum absolute atomic E-state index is 15.4. The Morgan fingerprint density at radius 1 is 0.512 bits per heavy atom. The van der Waals surface area contributed by atoms with Crippen molar-refractivity contribution in [2.24, 2.45) is 0 Å². The maximum atomic E-state index is 15.4. The third-order valence-corrected chi connectivity index (χ3v) is 16.0. The van der Waals surface area contributed by atoms with Gasteiger partial charge in [-0.05, 0) is 132 Å². The van der Waals surface area contributed by atoms with Gasteiger partial charge < -0.3 is 19.1 Å². The minimum atomic E-state index is -0.641. The zero-order chi connectivity index (χ0) is 57.4. The molecule has 0 atom stereocenters. The number of nitrogens with zero attached hydrogens (tertiary/aromatic N) is 4. The van der Waals surface area contributed by atoms with Crippen LogP contribution in [0, 0.1) is 30.4 Å². The number of aromatic nitrogens is 2. The zero-order valence-electron chi connectivity index (χ0n) is 49.7. The Hall–Kier alpha value is -7.34. The number of rotatable bonds is 12. The molecule has 0 saturated heterocycles. The van der Waals surface area contributed by atoms with Gasteiger partial charge >= 0.3 is 0 Å². The van der Waals surface area contributed by atoms with E-state index in [0.29, 0.717) is 22.6 Å². The van der Waals surface area contributed by atoms with Crippen LogP contribution in [-0.2, 0) is 31.9 Å². The van der Waals surface area contributed by atoms with Gasteiger partial charge in [-0.2, -0.15) is 6.07 Å². The molecule has 82 heavy (non-hydrogen) atoms. The normalized spacial score (nSPS) is 12.9. The number of para-hydroxylation sites is 4. The van der Waals surface area contributed by atoms with Crippen LogP contribution in [0.15, 0.2) is 158 Å². The van der Waals surface area contributed by atoms with Crippen molar-refractivity contribution >= 4 is 44.6 Å². The van der Waals surface area contributed by atoms with E-state index in [9.17, 15) is 0 Å². The Balaban J connectivity index is 0.00000753. The SMILES string of the molecule is CC(C)c1cc(-c2cccc(-c3cc(F)cc(F)c3)c2N2[CH-]N(c3[c-]c(Oc4[c-]c5c(cc4)c4ccccc4n5-c4cc(C(C)(C)C)ccn4)cc(-c4c(C(C)C)cc(C(C)(C)C)cc4C(C)C)c3)c3ccccc32)cc(C(C)C)c1.[Pt]. The quantitative estimate of drug-likeness (QED) is 0.114. The van der Waals surface area contributed by atoms with E-state index in [1.54, 1.807) is 0 Å². The van der Waals surface area contributed by atoms with Gasteiger partial charge in [0, 0.05) is 78.5 Å². The summed E-state index contributed by atoms with van der Waals surface area (Å²) < 4.78 is 40.2. The Morgan fingerprint density at radius 3 is 1.70 bits per heavy atom. The van der Waals surface area contributed by atoms with Gasteiger partial charge in [-0.15, -0.1) is 53.6 Å². The van der Waals surface area contributed by atoms with Crippen LogP contribution in [-0.4, -0.2) is 9.55 Å². The van der Waals surface area contributed by atoms with E-state index >= 15 is 8.78 Å². The fourth-order valence-corrected chi connectivity index (χ4v) is 11.5. The number of fused-ring (bicyclic) bond motifs is 4. The van der Waals surface area contributed by atoms with Gasteiger partial charge in [0.05, 0.1) is 0 Å². The van der Waals surface area contributed by atoms with E-state index in [0.717, 1.165) is 73.1 Å². The summed E-state index contributed by atoms with van der Waals surface area (Å²) in [7, 11) is 0. The molecule has 0 N–H and O–H groups in total. The smallest absolute Gasteiger partial charge is 0.135 e. The van der Waals surface area contributed by atoms with Crippen molar-refractivity contribution in [1.82, 2.24) is 9.55 Å². The minimum absolute atomic E-state index is 0. The third kappa shape index (κ3) is 11.1. The molecule has 8 aromatic carbocycles. The van der Waals surface area contributed by atoms with E-state index < -0.39 is 11.6 Å². The van der Waals surface area contributed by atoms with E-state index in [1.165, 1.54) is 51.1 Å². The number of halogens is 2. The van der Waals surface area contributed by atoms with Crippen LogP contribution >= 0.6 is 0 Å². The van der Waals surface area contributed by atoms with E-state index in [-0.39, 0.29) is 55.6 Å². The first kappa shape index (κ1) is 57.9. The van der Waals surface area contributed by atoms with Gasteiger partial charge in [0.1, 0.15) is 17.5 Å². The first-order valence-electron chi connectivity index (χ1n) is 28.7. The molecule has 8 heteroatoms. The number of hydrogen-bond acceptors (Lipinski definition) is 4. The van der Waals surface area contributed by atoms with E-state index in [2.05, 4.69) is 239 Å². The number of pyridine rings is 1. The summed E-state index contributed by atoms with van der Waals surface area (Å²) in [5.41, 5.74) is 17.8. The summed E-state index contributed by atoms with van der Waals surface area (Å²) in [5, 5.41) is 2.14. The summed E-state index contributed by atoms with van der Waals surface area (Å²) >= 11 is 0. The van der Waals surface area contributed by atoms with Crippen LogP contribution in [0.1, 0.15) is 154 Å². The van der Waals surface area contributed by atoms with E-state index in [1.807, 2.05) is 30.5 Å². The number of benzene rings is 8. The van der Waals surface area contributed by atoms with Gasteiger partial charge in [-0.3, -0.25) is 0 Å². The molecule has 5 nitrogen and oxygen atoms in total. The van der Waals surface area contributed by atoms with Crippen LogP contribution in [0.2, 0.25) is 0 Å². The third-order valence-electron chi connectivity index (χ3n) is 16.0. The topological polar surface area (TPSA) is 33.5 Å². The van der Waals surface area contributed by atoms with Crippen molar-refractivity contribution < 1.29 is 34.6 Å². The molecule has 0 unspecified atom stereocenters. The summed E-state index contributed by atoms with van der Waals surface area (Å²) in [6.07, 6.45) is 1.89. The monoisotopic (exact) mass is 1270 g/mol. The molecule has 0 fully saturated rings. The second kappa shape index (κ2) is 22.4. The summed E-state index contributed by atoms with van der Waals surface area (Å²) in [4.78, 5) is 9.30. The van der Waals surface area contributed by atoms with Crippen LogP contribution < -0.4 is 14.5 Å². The first-order chi connectivity index (χ1) is 38.5. The molecule has 1 aliphatic rings. The van der Waals surface area contributed by atoms with Gasteiger partial charge in [0.25, 0.3) is 0 Å². The van der Waals surface area contributed by atoms with E-state index in [4.69, 9.17) is 9.72 Å². The second-order valence-electron chi connectivity index (χ2n) is 25.3. The van der Waals surface area contributed by atoms with Crippen molar-refractivity contribution in [2.45, 2.75) is 131 Å². The second-order valence-corrected chi connectivity index (χ2v) is 25.3. The fourth-order valence-electron chi connectivity index (χ4n) is 11.5. The molecule has 0 radical (unpaired) electrons. The summed E-state index contributed by atoms with van der Waals surface area (Å²) in [6, 6.07) is 58.5.